The molecule has 2 nitrogen and oxygen atoms in total. The molecule has 0 aromatic heterocycles. The van der Waals surface area contributed by atoms with Crippen molar-refractivity contribution in [3.63, 3.8) is 0 Å². The standard InChI is InChI=1S/C12H13ClO2/c1-2-11(14)7-8-12(15)9-3-5-10(13)6-4-9/h3-6H,2,7-8H2,1H3. The van der Waals surface area contributed by atoms with E-state index in [1.54, 1.807) is 31.2 Å². The monoisotopic (exact) mass is 224 g/mol. The number of Topliss-reactive ketones (excluding diaryl/α,β-unsaturated/α-hetero) is 2. The maximum absolute atomic E-state index is 11.6. The maximum Gasteiger partial charge on any atom is 0.163 e. The Labute approximate surface area is 94.2 Å². The van der Waals surface area contributed by atoms with Crippen LogP contribution in [0.2, 0.25) is 5.02 Å². The number of carbonyl (C=O) groups is 2. The van der Waals surface area contributed by atoms with Gasteiger partial charge in [0.1, 0.15) is 5.78 Å². The third kappa shape index (κ3) is 3.84. The fraction of sp³-hybridized carbons (Fsp3) is 0.333. The van der Waals surface area contributed by atoms with Crippen LogP contribution in [-0.4, -0.2) is 11.6 Å². The van der Waals surface area contributed by atoms with Crippen LogP contribution < -0.4 is 0 Å². The summed E-state index contributed by atoms with van der Waals surface area (Å²) in [5.74, 6) is 0.116. The quantitative estimate of drug-likeness (QED) is 0.720. The molecule has 0 radical (unpaired) electrons. The Hall–Kier alpha value is -1.15. The first kappa shape index (κ1) is 11.9. The van der Waals surface area contributed by atoms with Crippen LogP contribution >= 0.6 is 11.6 Å². The highest BCUT2D eigenvalue weighted by molar-refractivity contribution is 6.30. The minimum atomic E-state index is -0.00605. The molecule has 0 saturated carbocycles. The van der Waals surface area contributed by atoms with Gasteiger partial charge in [-0.25, -0.2) is 0 Å². The fourth-order valence-corrected chi connectivity index (χ4v) is 1.34. The van der Waals surface area contributed by atoms with Crippen molar-refractivity contribution in [2.24, 2.45) is 0 Å². The number of benzene rings is 1. The molecule has 0 atom stereocenters. The summed E-state index contributed by atoms with van der Waals surface area (Å²) >= 11 is 5.70. The Morgan fingerprint density at radius 3 is 2.27 bits per heavy atom. The molecule has 15 heavy (non-hydrogen) atoms. The first-order valence-corrected chi connectivity index (χ1v) is 5.31. The van der Waals surface area contributed by atoms with E-state index in [0.717, 1.165) is 0 Å². The summed E-state index contributed by atoms with van der Waals surface area (Å²) in [6, 6.07) is 6.72. The summed E-state index contributed by atoms with van der Waals surface area (Å²) in [6.07, 6.45) is 1.11. The second-order valence-corrected chi connectivity index (χ2v) is 3.76. The topological polar surface area (TPSA) is 34.1 Å². The zero-order valence-electron chi connectivity index (χ0n) is 8.63. The van der Waals surface area contributed by atoms with Gasteiger partial charge in [0, 0.05) is 29.8 Å². The SMILES string of the molecule is CCC(=O)CCC(=O)c1ccc(Cl)cc1. The van der Waals surface area contributed by atoms with Crippen LogP contribution in [0.4, 0.5) is 0 Å². The summed E-state index contributed by atoms with van der Waals surface area (Å²) in [5, 5.41) is 0.608. The van der Waals surface area contributed by atoms with Gasteiger partial charge < -0.3 is 0 Å². The third-order valence-corrected chi connectivity index (χ3v) is 2.44. The average Bonchev–Trinajstić information content (AvgIpc) is 2.26. The van der Waals surface area contributed by atoms with Gasteiger partial charge in [-0.05, 0) is 24.3 Å². The lowest BCUT2D eigenvalue weighted by Gasteiger charge is -2.00. The van der Waals surface area contributed by atoms with Crippen LogP contribution in [0.15, 0.2) is 24.3 Å². The predicted molar refractivity (Wildman–Crippen MR) is 60.3 cm³/mol. The summed E-state index contributed by atoms with van der Waals surface area (Å²) in [4.78, 5) is 22.6. The van der Waals surface area contributed by atoms with Crippen LogP contribution in [0.1, 0.15) is 36.5 Å². The maximum atomic E-state index is 11.6. The van der Waals surface area contributed by atoms with E-state index in [1.165, 1.54) is 0 Å². The molecule has 1 aromatic carbocycles. The molecule has 1 rings (SSSR count). The lowest BCUT2D eigenvalue weighted by atomic mass is 10.0. The average molecular weight is 225 g/mol. The highest BCUT2D eigenvalue weighted by Crippen LogP contribution is 2.12. The minimum Gasteiger partial charge on any atom is -0.300 e. The van der Waals surface area contributed by atoms with E-state index in [9.17, 15) is 9.59 Å². The van der Waals surface area contributed by atoms with Crippen molar-refractivity contribution in [2.75, 3.05) is 0 Å². The second kappa shape index (κ2) is 5.66. The molecule has 0 unspecified atom stereocenters. The molecule has 0 N–H and O–H groups in total. The van der Waals surface area contributed by atoms with Crippen LogP contribution in [0.25, 0.3) is 0 Å². The molecule has 0 aliphatic heterocycles. The largest absolute Gasteiger partial charge is 0.300 e. The van der Waals surface area contributed by atoms with Gasteiger partial charge in [0.25, 0.3) is 0 Å². The van der Waals surface area contributed by atoms with Crippen molar-refractivity contribution in [1.82, 2.24) is 0 Å². The number of hydrogen-bond donors (Lipinski definition) is 0. The van der Waals surface area contributed by atoms with Gasteiger partial charge in [-0.1, -0.05) is 18.5 Å². The van der Waals surface area contributed by atoms with E-state index in [0.29, 0.717) is 23.4 Å². The van der Waals surface area contributed by atoms with Gasteiger partial charge in [-0.15, -0.1) is 0 Å². The smallest absolute Gasteiger partial charge is 0.163 e. The Balaban J connectivity index is 2.54. The normalized spacial score (nSPS) is 10.0. The zero-order valence-corrected chi connectivity index (χ0v) is 9.38. The molecule has 0 amide bonds. The van der Waals surface area contributed by atoms with E-state index >= 15 is 0 Å². The molecule has 3 heteroatoms. The molecule has 0 aliphatic carbocycles. The van der Waals surface area contributed by atoms with Crippen molar-refractivity contribution in [3.8, 4) is 0 Å². The first-order chi connectivity index (χ1) is 7.13. The van der Waals surface area contributed by atoms with Crippen molar-refractivity contribution < 1.29 is 9.59 Å². The van der Waals surface area contributed by atoms with Crippen LogP contribution in [0.3, 0.4) is 0 Å². The third-order valence-electron chi connectivity index (χ3n) is 2.19. The minimum absolute atomic E-state index is 0.00605. The Kier molecular flexibility index (Phi) is 4.50. The van der Waals surface area contributed by atoms with Crippen molar-refractivity contribution in [3.05, 3.63) is 34.9 Å². The highest BCUT2D eigenvalue weighted by atomic mass is 35.5. The molecule has 0 aliphatic rings. The lowest BCUT2D eigenvalue weighted by molar-refractivity contribution is -0.118. The van der Waals surface area contributed by atoms with E-state index < -0.39 is 0 Å². The van der Waals surface area contributed by atoms with E-state index in [4.69, 9.17) is 11.6 Å². The van der Waals surface area contributed by atoms with E-state index in [-0.39, 0.29) is 18.0 Å². The zero-order chi connectivity index (χ0) is 11.3. The Bertz CT molecular complexity index is 354. The van der Waals surface area contributed by atoms with Gasteiger partial charge in [0.05, 0.1) is 0 Å². The summed E-state index contributed by atoms with van der Waals surface area (Å²) < 4.78 is 0. The summed E-state index contributed by atoms with van der Waals surface area (Å²) in [7, 11) is 0. The van der Waals surface area contributed by atoms with E-state index in [1.807, 2.05) is 0 Å². The lowest BCUT2D eigenvalue weighted by Crippen LogP contribution is -2.03. The van der Waals surface area contributed by atoms with Gasteiger partial charge in [-0.2, -0.15) is 0 Å². The molecule has 0 bridgehead atoms. The summed E-state index contributed by atoms with van der Waals surface area (Å²) in [6.45, 7) is 1.80. The van der Waals surface area contributed by atoms with Gasteiger partial charge in [0.2, 0.25) is 0 Å². The number of rotatable bonds is 5. The highest BCUT2D eigenvalue weighted by Gasteiger charge is 2.07. The van der Waals surface area contributed by atoms with Gasteiger partial charge in [0.15, 0.2) is 5.78 Å². The molecule has 0 spiro atoms. The number of halogens is 1. The van der Waals surface area contributed by atoms with Gasteiger partial charge in [-0.3, -0.25) is 9.59 Å². The number of carbonyl (C=O) groups excluding carboxylic acids is 2. The van der Waals surface area contributed by atoms with Gasteiger partial charge >= 0.3 is 0 Å². The molecular formula is C12H13ClO2. The van der Waals surface area contributed by atoms with Crippen LogP contribution in [0.5, 0.6) is 0 Å². The predicted octanol–water partition coefficient (Wildman–Crippen LogP) is 3.28. The molecule has 0 heterocycles. The van der Waals surface area contributed by atoms with Crippen molar-refractivity contribution in [1.29, 1.82) is 0 Å². The Morgan fingerprint density at radius 1 is 1.13 bits per heavy atom. The molecule has 1 aromatic rings. The van der Waals surface area contributed by atoms with E-state index in [2.05, 4.69) is 0 Å². The summed E-state index contributed by atoms with van der Waals surface area (Å²) in [5.41, 5.74) is 0.614. The van der Waals surface area contributed by atoms with Crippen LogP contribution in [0, 0.1) is 0 Å². The Morgan fingerprint density at radius 2 is 1.73 bits per heavy atom. The first-order valence-electron chi connectivity index (χ1n) is 4.94. The van der Waals surface area contributed by atoms with Crippen LogP contribution in [-0.2, 0) is 4.79 Å². The fourth-order valence-electron chi connectivity index (χ4n) is 1.21. The molecule has 0 fully saturated rings. The molecule has 0 saturated heterocycles. The number of ketones is 2. The molecule has 80 valence electrons. The second-order valence-electron chi connectivity index (χ2n) is 3.32. The number of hydrogen-bond acceptors (Lipinski definition) is 2. The van der Waals surface area contributed by atoms with Crippen molar-refractivity contribution >= 4 is 23.2 Å². The molecular weight excluding hydrogens is 212 g/mol. The van der Waals surface area contributed by atoms with Crippen molar-refractivity contribution in [2.45, 2.75) is 26.2 Å².